The normalized spacial score (nSPS) is 16.7. The Balaban J connectivity index is 2.10. The number of likely N-dealkylation sites (tertiary alicyclic amines) is 1. The van der Waals surface area contributed by atoms with E-state index in [0.29, 0.717) is 25.8 Å². The molecule has 1 saturated heterocycles. The minimum Gasteiger partial charge on any atom is -0.278 e. The standard InChI is InChI=1S/C12H12INO2/c13-10-6-4-9(5-7-10)8-14-11(15)2-1-3-12(14)16/h4-7H,1-3,8H2. The molecule has 2 rings (SSSR count). The van der Waals surface area contributed by atoms with E-state index in [-0.39, 0.29) is 11.8 Å². The van der Waals surface area contributed by atoms with E-state index in [1.165, 1.54) is 4.90 Å². The molecule has 1 fully saturated rings. The maximum absolute atomic E-state index is 11.6. The minimum absolute atomic E-state index is 0.0465. The SMILES string of the molecule is O=C1CCCC(=O)N1Cc1ccc(I)cc1. The van der Waals surface area contributed by atoms with Gasteiger partial charge in [0.25, 0.3) is 0 Å². The van der Waals surface area contributed by atoms with E-state index in [1.807, 2.05) is 24.3 Å². The van der Waals surface area contributed by atoms with Crippen molar-refractivity contribution in [3.05, 3.63) is 33.4 Å². The summed E-state index contributed by atoms with van der Waals surface area (Å²) in [5, 5.41) is 0. The van der Waals surface area contributed by atoms with Gasteiger partial charge in [-0.05, 0) is 46.7 Å². The highest BCUT2D eigenvalue weighted by Crippen LogP contribution is 2.16. The number of benzene rings is 1. The quantitative estimate of drug-likeness (QED) is 0.617. The van der Waals surface area contributed by atoms with E-state index in [9.17, 15) is 9.59 Å². The topological polar surface area (TPSA) is 37.4 Å². The predicted molar refractivity (Wildman–Crippen MR) is 68.6 cm³/mol. The van der Waals surface area contributed by atoms with Crippen LogP contribution in [0.3, 0.4) is 0 Å². The van der Waals surface area contributed by atoms with E-state index >= 15 is 0 Å². The summed E-state index contributed by atoms with van der Waals surface area (Å²) in [6, 6.07) is 7.87. The summed E-state index contributed by atoms with van der Waals surface area (Å²) in [5.74, 6) is -0.0930. The number of hydrogen-bond acceptors (Lipinski definition) is 2. The van der Waals surface area contributed by atoms with E-state index in [0.717, 1.165) is 9.13 Å². The summed E-state index contributed by atoms with van der Waals surface area (Å²) in [4.78, 5) is 24.5. The van der Waals surface area contributed by atoms with Crippen molar-refractivity contribution in [2.45, 2.75) is 25.8 Å². The Bertz CT molecular complexity index is 398. The van der Waals surface area contributed by atoms with Crippen molar-refractivity contribution in [1.82, 2.24) is 4.90 Å². The van der Waals surface area contributed by atoms with Crippen LogP contribution >= 0.6 is 22.6 Å². The average Bonchev–Trinajstić information content (AvgIpc) is 2.26. The van der Waals surface area contributed by atoms with E-state index in [2.05, 4.69) is 22.6 Å². The van der Waals surface area contributed by atoms with Gasteiger partial charge in [-0.1, -0.05) is 12.1 Å². The first-order chi connectivity index (χ1) is 7.66. The van der Waals surface area contributed by atoms with Crippen LogP contribution in [0.15, 0.2) is 24.3 Å². The summed E-state index contributed by atoms with van der Waals surface area (Å²) >= 11 is 2.23. The zero-order valence-corrected chi connectivity index (χ0v) is 10.9. The Labute approximate surface area is 108 Å². The fraction of sp³-hybridized carbons (Fsp3) is 0.333. The molecule has 0 spiro atoms. The largest absolute Gasteiger partial charge is 0.278 e. The molecule has 0 aromatic heterocycles. The average molecular weight is 329 g/mol. The summed E-state index contributed by atoms with van der Waals surface area (Å²) < 4.78 is 1.15. The molecule has 0 radical (unpaired) electrons. The summed E-state index contributed by atoms with van der Waals surface area (Å²) in [5.41, 5.74) is 1.00. The van der Waals surface area contributed by atoms with E-state index < -0.39 is 0 Å². The molecule has 0 bridgehead atoms. The molecule has 16 heavy (non-hydrogen) atoms. The van der Waals surface area contributed by atoms with E-state index in [1.54, 1.807) is 0 Å². The van der Waals surface area contributed by atoms with Gasteiger partial charge in [-0.25, -0.2) is 0 Å². The van der Waals surface area contributed by atoms with Crippen LogP contribution < -0.4 is 0 Å². The highest BCUT2D eigenvalue weighted by Gasteiger charge is 2.25. The number of halogens is 1. The first-order valence-electron chi connectivity index (χ1n) is 5.24. The second kappa shape index (κ2) is 4.95. The van der Waals surface area contributed by atoms with Crippen LogP contribution in [0.4, 0.5) is 0 Å². The first-order valence-corrected chi connectivity index (χ1v) is 6.32. The molecule has 1 aliphatic heterocycles. The monoisotopic (exact) mass is 329 g/mol. The Kier molecular flexibility index (Phi) is 3.58. The van der Waals surface area contributed by atoms with Gasteiger partial charge in [-0.2, -0.15) is 0 Å². The van der Waals surface area contributed by atoms with Crippen LogP contribution in [0.25, 0.3) is 0 Å². The smallest absolute Gasteiger partial charge is 0.229 e. The molecule has 4 heteroatoms. The van der Waals surface area contributed by atoms with Crippen LogP contribution in [0.2, 0.25) is 0 Å². The molecule has 1 heterocycles. The number of imide groups is 1. The minimum atomic E-state index is -0.0465. The molecule has 1 aromatic rings. The van der Waals surface area contributed by atoms with Crippen molar-refractivity contribution in [1.29, 1.82) is 0 Å². The maximum Gasteiger partial charge on any atom is 0.229 e. The Morgan fingerprint density at radius 2 is 1.62 bits per heavy atom. The number of piperidine rings is 1. The van der Waals surface area contributed by atoms with Gasteiger partial charge in [0.15, 0.2) is 0 Å². The molecule has 0 aliphatic carbocycles. The lowest BCUT2D eigenvalue weighted by atomic mass is 10.1. The van der Waals surface area contributed by atoms with Gasteiger partial charge < -0.3 is 0 Å². The van der Waals surface area contributed by atoms with E-state index in [4.69, 9.17) is 0 Å². The number of amides is 2. The first kappa shape index (κ1) is 11.6. The molecule has 2 amide bonds. The third kappa shape index (κ3) is 2.61. The summed E-state index contributed by atoms with van der Waals surface area (Å²) in [7, 11) is 0. The Hall–Kier alpha value is -0.910. The van der Waals surface area contributed by atoms with Crippen LogP contribution in [0.1, 0.15) is 24.8 Å². The third-order valence-corrected chi connectivity index (χ3v) is 3.36. The fourth-order valence-electron chi connectivity index (χ4n) is 1.75. The number of nitrogens with zero attached hydrogens (tertiary/aromatic N) is 1. The van der Waals surface area contributed by atoms with Gasteiger partial charge in [0.05, 0.1) is 6.54 Å². The second-order valence-electron chi connectivity index (χ2n) is 3.85. The Morgan fingerprint density at radius 3 is 2.19 bits per heavy atom. The van der Waals surface area contributed by atoms with Crippen molar-refractivity contribution in [2.75, 3.05) is 0 Å². The number of hydrogen-bond donors (Lipinski definition) is 0. The highest BCUT2D eigenvalue weighted by molar-refractivity contribution is 14.1. The predicted octanol–water partition coefficient (Wildman–Crippen LogP) is 2.33. The molecule has 3 nitrogen and oxygen atoms in total. The van der Waals surface area contributed by atoms with Crippen LogP contribution in [-0.2, 0) is 16.1 Å². The summed E-state index contributed by atoms with van der Waals surface area (Å²) in [6.45, 7) is 0.411. The highest BCUT2D eigenvalue weighted by atomic mass is 127. The molecular formula is C12H12INO2. The summed E-state index contributed by atoms with van der Waals surface area (Å²) in [6.07, 6.45) is 1.69. The van der Waals surface area contributed by atoms with Gasteiger partial charge in [-0.15, -0.1) is 0 Å². The molecule has 0 atom stereocenters. The molecule has 1 aromatic carbocycles. The van der Waals surface area contributed by atoms with Crippen LogP contribution in [0, 0.1) is 3.57 Å². The van der Waals surface area contributed by atoms with Crippen LogP contribution in [-0.4, -0.2) is 16.7 Å². The lowest BCUT2D eigenvalue weighted by molar-refractivity contribution is -0.148. The lowest BCUT2D eigenvalue weighted by Crippen LogP contribution is -2.39. The second-order valence-corrected chi connectivity index (χ2v) is 5.10. The number of carbonyl (C=O) groups excluding carboxylic acids is 2. The van der Waals surface area contributed by atoms with Crippen molar-refractivity contribution in [3.63, 3.8) is 0 Å². The van der Waals surface area contributed by atoms with Gasteiger partial charge in [0, 0.05) is 16.4 Å². The molecule has 1 aliphatic rings. The van der Waals surface area contributed by atoms with Crippen molar-refractivity contribution in [2.24, 2.45) is 0 Å². The molecule has 0 unspecified atom stereocenters. The molecule has 84 valence electrons. The van der Waals surface area contributed by atoms with Crippen molar-refractivity contribution >= 4 is 34.4 Å². The van der Waals surface area contributed by atoms with Gasteiger partial charge in [-0.3, -0.25) is 14.5 Å². The molecule has 0 saturated carbocycles. The fourth-order valence-corrected chi connectivity index (χ4v) is 2.11. The number of carbonyl (C=O) groups is 2. The number of rotatable bonds is 2. The molecule has 0 N–H and O–H groups in total. The van der Waals surface area contributed by atoms with Gasteiger partial charge >= 0.3 is 0 Å². The third-order valence-electron chi connectivity index (χ3n) is 2.64. The Morgan fingerprint density at radius 1 is 1.06 bits per heavy atom. The van der Waals surface area contributed by atoms with Crippen molar-refractivity contribution < 1.29 is 9.59 Å². The van der Waals surface area contributed by atoms with Gasteiger partial charge in [0.1, 0.15) is 0 Å². The zero-order valence-electron chi connectivity index (χ0n) is 8.78. The molecular weight excluding hydrogens is 317 g/mol. The maximum atomic E-state index is 11.6. The lowest BCUT2D eigenvalue weighted by Gasteiger charge is -2.24. The van der Waals surface area contributed by atoms with Crippen molar-refractivity contribution in [3.8, 4) is 0 Å². The van der Waals surface area contributed by atoms with Gasteiger partial charge in [0.2, 0.25) is 11.8 Å². The van der Waals surface area contributed by atoms with Crippen LogP contribution in [0.5, 0.6) is 0 Å². The zero-order chi connectivity index (χ0) is 11.5.